The maximum absolute atomic E-state index is 10.4. The summed E-state index contributed by atoms with van der Waals surface area (Å²) in [4.78, 5) is 17.1. The van der Waals surface area contributed by atoms with Crippen LogP contribution in [0.1, 0.15) is 38.5 Å². The Bertz CT molecular complexity index is 157. The van der Waals surface area contributed by atoms with E-state index in [1.54, 1.807) is 0 Å². The van der Waals surface area contributed by atoms with Crippen LogP contribution in [0.25, 0.3) is 0 Å². The Labute approximate surface area is 84.6 Å². The van der Waals surface area contributed by atoms with Crippen molar-refractivity contribution in [3.63, 3.8) is 0 Å². The van der Waals surface area contributed by atoms with E-state index in [1.165, 1.54) is 0 Å². The molecule has 0 amide bonds. The predicted octanol–water partition coefficient (Wildman–Crippen LogP) is 2.74. The number of rotatable bonds is 8. The van der Waals surface area contributed by atoms with Gasteiger partial charge in [-0.2, -0.15) is 0 Å². The summed E-state index contributed by atoms with van der Waals surface area (Å²) in [6, 6.07) is 0. The van der Waals surface area contributed by atoms with Gasteiger partial charge in [0.05, 0.1) is 0 Å². The lowest BCUT2D eigenvalue weighted by Crippen LogP contribution is -1.88. The summed E-state index contributed by atoms with van der Waals surface area (Å²) >= 11 is 5.50. The quantitative estimate of drug-likeness (QED) is 0.382. The molecule has 0 saturated carbocycles. The van der Waals surface area contributed by atoms with Gasteiger partial charge in [0.25, 0.3) is 0 Å². The van der Waals surface area contributed by atoms with E-state index in [0.29, 0.717) is 12.3 Å². The second kappa shape index (κ2) is 7.81. The van der Waals surface area contributed by atoms with Gasteiger partial charge in [0.1, 0.15) is 0 Å². The van der Waals surface area contributed by atoms with Crippen molar-refractivity contribution in [2.24, 2.45) is 0 Å². The van der Waals surface area contributed by atoms with Crippen LogP contribution in [-0.4, -0.2) is 21.8 Å². The van der Waals surface area contributed by atoms with Gasteiger partial charge in [-0.15, -0.1) is 11.6 Å². The predicted molar refractivity (Wildman–Crippen MR) is 55.3 cm³/mol. The van der Waals surface area contributed by atoms with Crippen molar-refractivity contribution in [1.29, 1.82) is 0 Å². The molecular formula is C8H18ClO3P. The van der Waals surface area contributed by atoms with Gasteiger partial charge in [0.15, 0.2) is 0 Å². The highest BCUT2D eigenvalue weighted by Gasteiger charge is 2.10. The Kier molecular flexibility index (Phi) is 8.07. The number of hydrogen-bond donors (Lipinski definition) is 2. The third-order valence-corrected chi connectivity index (χ3v) is 3.00. The van der Waals surface area contributed by atoms with Gasteiger partial charge in [0.2, 0.25) is 0 Å². The number of alkyl halides is 1. The van der Waals surface area contributed by atoms with E-state index in [1.807, 2.05) is 0 Å². The molecule has 0 aliphatic rings. The SMILES string of the molecule is O=P(O)(O)CCCCCCCCCl. The second-order valence-corrected chi connectivity index (χ2v) is 5.35. The Morgan fingerprint density at radius 3 is 1.85 bits per heavy atom. The molecule has 0 radical (unpaired) electrons. The highest BCUT2D eigenvalue weighted by Crippen LogP contribution is 2.35. The van der Waals surface area contributed by atoms with Gasteiger partial charge < -0.3 is 9.79 Å². The van der Waals surface area contributed by atoms with E-state index < -0.39 is 7.60 Å². The lowest BCUT2D eigenvalue weighted by Gasteiger charge is -2.02. The summed E-state index contributed by atoms with van der Waals surface area (Å²) in [6.07, 6.45) is 5.91. The summed E-state index contributed by atoms with van der Waals surface area (Å²) in [7, 11) is -3.75. The Hall–Kier alpha value is 0.440. The monoisotopic (exact) mass is 228 g/mol. The maximum Gasteiger partial charge on any atom is 0.325 e. The fraction of sp³-hybridized carbons (Fsp3) is 1.00. The highest BCUT2D eigenvalue weighted by molar-refractivity contribution is 7.51. The first-order valence-corrected chi connectivity index (χ1v) is 7.00. The topological polar surface area (TPSA) is 57.5 Å². The second-order valence-electron chi connectivity index (χ2n) is 3.20. The summed E-state index contributed by atoms with van der Waals surface area (Å²) in [6.45, 7) is 0. The Morgan fingerprint density at radius 2 is 1.38 bits per heavy atom. The first-order valence-electron chi connectivity index (χ1n) is 4.67. The molecule has 0 aliphatic heterocycles. The van der Waals surface area contributed by atoms with Gasteiger partial charge >= 0.3 is 7.60 Å². The molecule has 13 heavy (non-hydrogen) atoms. The zero-order chi connectivity index (χ0) is 10.2. The number of halogens is 1. The van der Waals surface area contributed by atoms with Crippen molar-refractivity contribution >= 4 is 19.2 Å². The van der Waals surface area contributed by atoms with Gasteiger partial charge in [0, 0.05) is 12.0 Å². The molecule has 0 aromatic heterocycles. The van der Waals surface area contributed by atoms with Crippen LogP contribution in [0.3, 0.4) is 0 Å². The van der Waals surface area contributed by atoms with E-state index in [-0.39, 0.29) is 6.16 Å². The van der Waals surface area contributed by atoms with Crippen LogP contribution < -0.4 is 0 Å². The number of unbranched alkanes of at least 4 members (excludes halogenated alkanes) is 5. The lowest BCUT2D eigenvalue weighted by molar-refractivity contribution is 0.370. The minimum absolute atomic E-state index is 0.0303. The highest BCUT2D eigenvalue weighted by atomic mass is 35.5. The third-order valence-electron chi connectivity index (χ3n) is 1.83. The fourth-order valence-electron chi connectivity index (χ4n) is 1.12. The molecule has 0 unspecified atom stereocenters. The van der Waals surface area contributed by atoms with Crippen LogP contribution in [0.2, 0.25) is 0 Å². The molecule has 0 heterocycles. The summed E-state index contributed by atoms with van der Waals surface area (Å²) in [5, 5.41) is 0. The molecule has 3 nitrogen and oxygen atoms in total. The molecule has 2 N–H and O–H groups in total. The molecule has 0 rings (SSSR count). The molecule has 0 atom stereocenters. The standard InChI is InChI=1S/C8H18ClO3P/c9-7-5-3-1-2-4-6-8-13(10,11)12/h1-8H2,(H2,10,11,12). The average molecular weight is 229 g/mol. The van der Waals surface area contributed by atoms with Crippen molar-refractivity contribution in [3.8, 4) is 0 Å². The molecule has 0 bridgehead atoms. The van der Waals surface area contributed by atoms with E-state index in [9.17, 15) is 4.57 Å². The Balaban J connectivity index is 3.04. The van der Waals surface area contributed by atoms with Crippen LogP contribution in [0.15, 0.2) is 0 Å². The van der Waals surface area contributed by atoms with Crippen molar-refractivity contribution in [2.75, 3.05) is 12.0 Å². The smallest absolute Gasteiger partial charge is 0.324 e. The Morgan fingerprint density at radius 1 is 0.923 bits per heavy atom. The van der Waals surface area contributed by atoms with Crippen LogP contribution in [0.4, 0.5) is 0 Å². The van der Waals surface area contributed by atoms with Crippen LogP contribution in [0.5, 0.6) is 0 Å². The van der Waals surface area contributed by atoms with E-state index in [4.69, 9.17) is 21.4 Å². The van der Waals surface area contributed by atoms with Crippen molar-refractivity contribution in [2.45, 2.75) is 38.5 Å². The van der Waals surface area contributed by atoms with E-state index >= 15 is 0 Å². The van der Waals surface area contributed by atoms with Crippen molar-refractivity contribution in [3.05, 3.63) is 0 Å². The molecule has 80 valence electrons. The van der Waals surface area contributed by atoms with Gasteiger partial charge in [-0.05, 0) is 12.8 Å². The lowest BCUT2D eigenvalue weighted by atomic mass is 10.1. The third kappa shape index (κ3) is 12.4. The first kappa shape index (κ1) is 13.4. The summed E-state index contributed by atoms with van der Waals surface area (Å²) in [5.41, 5.74) is 0. The fourth-order valence-corrected chi connectivity index (χ4v) is 1.94. The molecule has 0 fully saturated rings. The molecule has 5 heteroatoms. The molecular weight excluding hydrogens is 211 g/mol. The largest absolute Gasteiger partial charge is 0.325 e. The van der Waals surface area contributed by atoms with Crippen LogP contribution in [0, 0.1) is 0 Å². The van der Waals surface area contributed by atoms with Crippen LogP contribution in [-0.2, 0) is 4.57 Å². The molecule has 0 spiro atoms. The van der Waals surface area contributed by atoms with E-state index in [0.717, 1.165) is 32.1 Å². The molecule has 0 saturated heterocycles. The zero-order valence-corrected chi connectivity index (χ0v) is 9.44. The summed E-state index contributed by atoms with van der Waals surface area (Å²) in [5.74, 6) is 0.711. The minimum atomic E-state index is -3.75. The maximum atomic E-state index is 10.4. The van der Waals surface area contributed by atoms with E-state index in [2.05, 4.69) is 0 Å². The first-order chi connectivity index (χ1) is 6.06. The normalized spacial score (nSPS) is 11.9. The average Bonchev–Trinajstić information content (AvgIpc) is 2.01. The van der Waals surface area contributed by atoms with Gasteiger partial charge in [-0.25, -0.2) is 0 Å². The van der Waals surface area contributed by atoms with Gasteiger partial charge in [-0.3, -0.25) is 4.57 Å². The van der Waals surface area contributed by atoms with Crippen molar-refractivity contribution in [1.82, 2.24) is 0 Å². The zero-order valence-electron chi connectivity index (χ0n) is 7.78. The molecule has 0 aromatic rings. The molecule has 0 aliphatic carbocycles. The van der Waals surface area contributed by atoms with Crippen LogP contribution >= 0.6 is 19.2 Å². The summed E-state index contributed by atoms with van der Waals surface area (Å²) < 4.78 is 10.4. The van der Waals surface area contributed by atoms with Crippen molar-refractivity contribution < 1.29 is 14.4 Å². The minimum Gasteiger partial charge on any atom is -0.324 e. The van der Waals surface area contributed by atoms with Gasteiger partial charge in [-0.1, -0.05) is 25.7 Å². The number of hydrogen-bond acceptors (Lipinski definition) is 1. The molecule has 0 aromatic carbocycles.